The number of ether oxygens (including phenoxy) is 2. The largest absolute Gasteiger partial charge is 0.493 e. The Hall–Kier alpha value is -2.01. The number of fused-ring (bicyclic) bond motifs is 1. The van der Waals surface area contributed by atoms with Crippen molar-refractivity contribution in [2.24, 2.45) is 4.99 Å². The number of alkyl halides is 3. The summed E-state index contributed by atoms with van der Waals surface area (Å²) in [7, 11) is 0. The van der Waals surface area contributed by atoms with Crippen molar-refractivity contribution < 1.29 is 22.6 Å². The van der Waals surface area contributed by atoms with Crippen LogP contribution in [0.5, 0.6) is 5.75 Å². The number of halogens is 4. The van der Waals surface area contributed by atoms with Gasteiger partial charge in [-0.1, -0.05) is 36.4 Å². The van der Waals surface area contributed by atoms with Gasteiger partial charge in [0, 0.05) is 19.5 Å². The molecule has 1 heterocycles. The number of nitrogens with zero attached hydrogens (tertiary/aromatic N) is 1. The van der Waals surface area contributed by atoms with Crippen molar-refractivity contribution in [3.05, 3.63) is 64.7 Å². The molecule has 2 aromatic rings. The van der Waals surface area contributed by atoms with E-state index in [1.807, 2.05) is 25.1 Å². The Morgan fingerprint density at radius 2 is 1.78 bits per heavy atom. The van der Waals surface area contributed by atoms with E-state index in [4.69, 9.17) is 4.74 Å². The molecule has 0 radical (unpaired) electrons. The Morgan fingerprint density at radius 1 is 1.06 bits per heavy atom. The summed E-state index contributed by atoms with van der Waals surface area (Å²) in [6, 6.07) is 13.6. The van der Waals surface area contributed by atoms with Crippen molar-refractivity contribution in [2.75, 3.05) is 26.3 Å². The van der Waals surface area contributed by atoms with Crippen LogP contribution in [-0.4, -0.2) is 38.4 Å². The number of guanidine groups is 1. The van der Waals surface area contributed by atoms with Gasteiger partial charge in [-0.15, -0.1) is 24.0 Å². The summed E-state index contributed by atoms with van der Waals surface area (Å²) in [5.74, 6) is 1.72. The minimum Gasteiger partial charge on any atom is -0.493 e. The molecule has 32 heavy (non-hydrogen) atoms. The predicted molar refractivity (Wildman–Crippen MR) is 130 cm³/mol. The van der Waals surface area contributed by atoms with E-state index in [2.05, 4.69) is 32.5 Å². The second-order valence-electron chi connectivity index (χ2n) is 7.34. The molecule has 2 aromatic carbocycles. The molecule has 0 bridgehead atoms. The molecule has 0 fully saturated rings. The Morgan fingerprint density at radius 3 is 2.50 bits per heavy atom. The summed E-state index contributed by atoms with van der Waals surface area (Å²) in [6.07, 6.45) is -2.46. The molecule has 176 valence electrons. The summed E-state index contributed by atoms with van der Waals surface area (Å²) < 4.78 is 46.7. The van der Waals surface area contributed by atoms with Crippen LogP contribution in [-0.2, 0) is 30.7 Å². The zero-order chi connectivity index (χ0) is 22.1. The summed E-state index contributed by atoms with van der Waals surface area (Å²) in [6.45, 7) is 3.43. The first-order valence-electron chi connectivity index (χ1n) is 10.4. The lowest BCUT2D eigenvalue weighted by Crippen LogP contribution is -2.38. The maximum Gasteiger partial charge on any atom is 0.411 e. The van der Waals surface area contributed by atoms with Crippen molar-refractivity contribution in [3.63, 3.8) is 0 Å². The fourth-order valence-corrected chi connectivity index (χ4v) is 3.26. The van der Waals surface area contributed by atoms with Crippen LogP contribution in [0.4, 0.5) is 13.2 Å². The third kappa shape index (κ3) is 8.85. The van der Waals surface area contributed by atoms with E-state index in [0.29, 0.717) is 12.1 Å². The van der Waals surface area contributed by atoms with Crippen LogP contribution in [0.1, 0.15) is 29.2 Å². The first-order chi connectivity index (χ1) is 14.9. The monoisotopic (exact) mass is 563 g/mol. The molecule has 9 heteroatoms. The van der Waals surface area contributed by atoms with Crippen molar-refractivity contribution in [1.82, 2.24) is 10.6 Å². The van der Waals surface area contributed by atoms with E-state index in [1.54, 1.807) is 12.1 Å². The summed E-state index contributed by atoms with van der Waals surface area (Å²) >= 11 is 0. The molecule has 0 saturated carbocycles. The normalized spacial score (nSPS) is 13.2. The van der Waals surface area contributed by atoms with Crippen LogP contribution < -0.4 is 15.4 Å². The van der Waals surface area contributed by atoms with Gasteiger partial charge < -0.3 is 20.1 Å². The fraction of sp³-hybridized carbons (Fsp3) is 0.435. The van der Waals surface area contributed by atoms with Gasteiger partial charge in [-0.2, -0.15) is 13.2 Å². The van der Waals surface area contributed by atoms with E-state index < -0.39 is 12.8 Å². The van der Waals surface area contributed by atoms with Gasteiger partial charge in [-0.25, -0.2) is 4.99 Å². The Kier molecular flexibility index (Phi) is 10.6. The lowest BCUT2D eigenvalue weighted by atomic mass is 10.1. The number of hydrogen-bond donors (Lipinski definition) is 2. The molecule has 1 aliphatic heterocycles. The van der Waals surface area contributed by atoms with E-state index in [9.17, 15) is 13.2 Å². The average molecular weight is 563 g/mol. The third-order valence-corrected chi connectivity index (χ3v) is 4.78. The van der Waals surface area contributed by atoms with Crippen molar-refractivity contribution in [1.29, 1.82) is 0 Å². The van der Waals surface area contributed by atoms with E-state index >= 15 is 0 Å². The third-order valence-electron chi connectivity index (χ3n) is 4.78. The highest BCUT2D eigenvalue weighted by atomic mass is 127. The minimum absolute atomic E-state index is 0. The highest BCUT2D eigenvalue weighted by molar-refractivity contribution is 14.0. The molecular weight excluding hydrogens is 534 g/mol. The fourth-order valence-electron chi connectivity index (χ4n) is 3.26. The van der Waals surface area contributed by atoms with Gasteiger partial charge in [0.15, 0.2) is 5.96 Å². The standard InChI is InChI=1S/C23H28F3N3O2.HI/c1-2-27-22(28-11-9-17-7-8-21-20(13-17)10-12-31-21)29-14-18-3-5-19(6-4-18)15-30-16-23(24,25)26;/h3-8,13H,2,9-12,14-16H2,1H3,(H2,27,28,29);1H. The first kappa shape index (κ1) is 26.2. The van der Waals surface area contributed by atoms with Crippen molar-refractivity contribution >= 4 is 29.9 Å². The zero-order valence-electron chi connectivity index (χ0n) is 18.0. The maximum atomic E-state index is 12.1. The number of rotatable bonds is 9. The molecule has 0 saturated heterocycles. The second kappa shape index (κ2) is 12.9. The number of hydrogen-bond acceptors (Lipinski definition) is 3. The van der Waals surface area contributed by atoms with Crippen molar-refractivity contribution in [2.45, 2.75) is 39.1 Å². The zero-order valence-corrected chi connectivity index (χ0v) is 20.3. The smallest absolute Gasteiger partial charge is 0.411 e. The Bertz CT molecular complexity index is 874. The molecule has 1 aliphatic rings. The van der Waals surface area contributed by atoms with Crippen molar-refractivity contribution in [3.8, 4) is 5.75 Å². The molecule has 0 spiro atoms. The van der Waals surface area contributed by atoms with Gasteiger partial charge in [-0.05, 0) is 41.7 Å². The number of aliphatic imine (C=N–C) groups is 1. The maximum absolute atomic E-state index is 12.1. The molecular formula is C23H29F3IN3O2. The summed E-state index contributed by atoms with van der Waals surface area (Å²) in [5.41, 5.74) is 4.19. The average Bonchev–Trinajstić information content (AvgIpc) is 3.20. The van der Waals surface area contributed by atoms with Crippen LogP contribution in [0, 0.1) is 0 Å². The lowest BCUT2D eigenvalue weighted by Gasteiger charge is -2.12. The topological polar surface area (TPSA) is 54.9 Å². The molecule has 2 N–H and O–H groups in total. The minimum atomic E-state index is -4.31. The lowest BCUT2D eigenvalue weighted by molar-refractivity contribution is -0.176. The molecule has 0 unspecified atom stereocenters. The van der Waals surface area contributed by atoms with E-state index in [-0.39, 0.29) is 30.6 Å². The van der Waals surface area contributed by atoms with E-state index in [0.717, 1.165) is 49.8 Å². The van der Waals surface area contributed by atoms with Gasteiger partial charge in [0.05, 0.1) is 19.8 Å². The second-order valence-corrected chi connectivity index (χ2v) is 7.34. The van der Waals surface area contributed by atoms with Gasteiger partial charge in [0.2, 0.25) is 0 Å². The van der Waals surface area contributed by atoms with Gasteiger partial charge >= 0.3 is 6.18 Å². The highest BCUT2D eigenvalue weighted by Gasteiger charge is 2.27. The molecule has 5 nitrogen and oxygen atoms in total. The first-order valence-corrected chi connectivity index (χ1v) is 10.4. The number of benzene rings is 2. The van der Waals surface area contributed by atoms with Crippen LogP contribution >= 0.6 is 24.0 Å². The quantitative estimate of drug-likeness (QED) is 0.266. The van der Waals surface area contributed by atoms with Gasteiger partial charge in [0.1, 0.15) is 12.4 Å². The number of nitrogens with one attached hydrogen (secondary N) is 2. The molecule has 0 aliphatic carbocycles. The van der Waals surface area contributed by atoms with Crippen LogP contribution in [0.3, 0.4) is 0 Å². The van der Waals surface area contributed by atoms with Crippen LogP contribution in [0.25, 0.3) is 0 Å². The van der Waals surface area contributed by atoms with Gasteiger partial charge in [-0.3, -0.25) is 0 Å². The Balaban J connectivity index is 0.00000363. The summed E-state index contributed by atoms with van der Waals surface area (Å²) in [5, 5.41) is 6.57. The molecule has 0 atom stereocenters. The molecule has 3 rings (SSSR count). The summed E-state index contributed by atoms with van der Waals surface area (Å²) in [4.78, 5) is 4.59. The van der Waals surface area contributed by atoms with E-state index in [1.165, 1.54) is 11.1 Å². The molecule has 0 amide bonds. The predicted octanol–water partition coefficient (Wildman–Crippen LogP) is 4.62. The van der Waals surface area contributed by atoms with Crippen LogP contribution in [0.15, 0.2) is 47.5 Å². The Labute approximate surface area is 203 Å². The highest BCUT2D eigenvalue weighted by Crippen LogP contribution is 2.25. The SMILES string of the molecule is CCNC(=NCc1ccc(COCC(F)(F)F)cc1)NCCc1ccc2c(c1)CCO2.I. The van der Waals surface area contributed by atoms with Crippen LogP contribution in [0.2, 0.25) is 0 Å². The molecule has 0 aromatic heterocycles. The van der Waals surface area contributed by atoms with Gasteiger partial charge in [0.25, 0.3) is 0 Å².